The monoisotopic (exact) mass is 515 g/mol. The predicted octanol–water partition coefficient (Wildman–Crippen LogP) is 7.56. The van der Waals surface area contributed by atoms with Gasteiger partial charge in [-0.05, 0) is 89.3 Å². The maximum Gasteiger partial charge on any atom is 0.175 e. The number of aryl methyl sites for hydroxylation is 1. The van der Waals surface area contributed by atoms with Gasteiger partial charge in [-0.2, -0.15) is 0 Å². The van der Waals surface area contributed by atoms with Gasteiger partial charge in [-0.3, -0.25) is 4.99 Å². The van der Waals surface area contributed by atoms with Gasteiger partial charge in [0.05, 0.1) is 16.8 Å². The highest BCUT2D eigenvalue weighted by atomic mass is 79.9. The molecule has 0 heterocycles. The molecular formula is C24H23Br2NO2. The summed E-state index contributed by atoms with van der Waals surface area (Å²) in [7, 11) is 0. The molecule has 0 saturated carbocycles. The zero-order valence-corrected chi connectivity index (χ0v) is 19.9. The van der Waals surface area contributed by atoms with Crippen LogP contribution in [0.15, 0.2) is 68.5 Å². The summed E-state index contributed by atoms with van der Waals surface area (Å²) in [6.45, 7) is 7.15. The van der Waals surface area contributed by atoms with Gasteiger partial charge in [-0.1, -0.05) is 40.2 Å². The molecule has 5 heteroatoms. The number of halogens is 2. The topological polar surface area (TPSA) is 30.8 Å². The van der Waals surface area contributed by atoms with Gasteiger partial charge in [0, 0.05) is 10.7 Å². The molecule has 0 atom stereocenters. The van der Waals surface area contributed by atoms with Crippen molar-refractivity contribution in [2.45, 2.75) is 27.4 Å². The summed E-state index contributed by atoms with van der Waals surface area (Å²) in [6.07, 6.45) is 1.85. The summed E-state index contributed by atoms with van der Waals surface area (Å²) in [6, 6.07) is 18.2. The molecule has 0 saturated heterocycles. The molecule has 3 aromatic rings. The fourth-order valence-electron chi connectivity index (χ4n) is 2.82. The van der Waals surface area contributed by atoms with Crippen molar-refractivity contribution in [3.05, 3.63) is 85.8 Å². The fraction of sp³-hybridized carbons (Fsp3) is 0.208. The van der Waals surface area contributed by atoms with Crippen LogP contribution < -0.4 is 9.47 Å². The molecule has 0 fully saturated rings. The third-order valence-electron chi connectivity index (χ3n) is 4.56. The first-order valence-corrected chi connectivity index (χ1v) is 11.0. The van der Waals surface area contributed by atoms with Crippen LogP contribution in [0.1, 0.15) is 29.2 Å². The molecule has 3 nitrogen and oxygen atoms in total. The van der Waals surface area contributed by atoms with Crippen molar-refractivity contribution in [1.29, 1.82) is 0 Å². The van der Waals surface area contributed by atoms with E-state index in [1.165, 1.54) is 11.1 Å². The maximum atomic E-state index is 6.07. The van der Waals surface area contributed by atoms with Gasteiger partial charge in [-0.15, -0.1) is 0 Å². The second kappa shape index (κ2) is 10.1. The van der Waals surface area contributed by atoms with E-state index in [0.29, 0.717) is 24.7 Å². The first kappa shape index (κ1) is 21.6. The van der Waals surface area contributed by atoms with E-state index in [9.17, 15) is 0 Å². The van der Waals surface area contributed by atoms with Crippen molar-refractivity contribution in [3.63, 3.8) is 0 Å². The number of nitrogens with zero attached hydrogens (tertiary/aromatic N) is 1. The number of hydrogen-bond donors (Lipinski definition) is 0. The Bertz CT molecular complexity index is 1010. The van der Waals surface area contributed by atoms with Gasteiger partial charge < -0.3 is 9.47 Å². The van der Waals surface area contributed by atoms with E-state index in [2.05, 4.69) is 56.8 Å². The van der Waals surface area contributed by atoms with Crippen molar-refractivity contribution < 1.29 is 9.47 Å². The van der Waals surface area contributed by atoms with E-state index < -0.39 is 0 Å². The lowest BCUT2D eigenvalue weighted by atomic mass is 10.1. The van der Waals surface area contributed by atoms with E-state index in [4.69, 9.17) is 9.47 Å². The van der Waals surface area contributed by atoms with E-state index in [-0.39, 0.29) is 0 Å². The third kappa shape index (κ3) is 5.71. The Kier molecular flexibility index (Phi) is 7.51. The highest BCUT2D eigenvalue weighted by Crippen LogP contribution is 2.37. The van der Waals surface area contributed by atoms with Crippen LogP contribution in [-0.4, -0.2) is 12.8 Å². The Morgan fingerprint density at radius 2 is 1.72 bits per heavy atom. The summed E-state index contributed by atoms with van der Waals surface area (Å²) < 4.78 is 13.8. The van der Waals surface area contributed by atoms with Crippen molar-refractivity contribution in [2.24, 2.45) is 4.99 Å². The first-order valence-electron chi connectivity index (χ1n) is 9.41. The molecule has 3 aromatic carbocycles. The number of ether oxygens (including phenoxy) is 2. The molecule has 0 aliphatic carbocycles. The summed E-state index contributed by atoms with van der Waals surface area (Å²) >= 11 is 7.08. The largest absolute Gasteiger partial charge is 0.490 e. The zero-order valence-electron chi connectivity index (χ0n) is 16.7. The third-order valence-corrected chi connectivity index (χ3v) is 5.67. The Morgan fingerprint density at radius 1 is 0.966 bits per heavy atom. The summed E-state index contributed by atoms with van der Waals surface area (Å²) in [5.74, 6) is 1.39. The van der Waals surface area contributed by atoms with Crippen LogP contribution in [0.25, 0.3) is 0 Å². The number of hydrogen-bond acceptors (Lipinski definition) is 3. The predicted molar refractivity (Wildman–Crippen MR) is 127 cm³/mol. The Hall–Kier alpha value is -2.11. The lowest BCUT2D eigenvalue weighted by molar-refractivity contribution is 0.267. The zero-order chi connectivity index (χ0) is 20.8. The molecule has 0 aliphatic rings. The van der Waals surface area contributed by atoms with E-state index in [1.807, 2.05) is 61.7 Å². The molecule has 150 valence electrons. The van der Waals surface area contributed by atoms with Crippen LogP contribution in [0, 0.1) is 13.8 Å². The standard InChI is InChI=1S/C24H23Br2NO2/c1-4-28-23-13-19(14-27-22-7-5-6-16(2)17(22)3)12-21(26)24(23)29-15-18-8-10-20(25)11-9-18/h5-14H,4,15H2,1-3H3. The maximum absolute atomic E-state index is 6.07. The smallest absolute Gasteiger partial charge is 0.175 e. The molecule has 0 spiro atoms. The van der Waals surface area contributed by atoms with Crippen LogP contribution in [-0.2, 0) is 6.61 Å². The molecule has 0 bridgehead atoms. The van der Waals surface area contributed by atoms with Gasteiger partial charge in [0.15, 0.2) is 11.5 Å². The molecule has 29 heavy (non-hydrogen) atoms. The second-order valence-electron chi connectivity index (χ2n) is 6.66. The fourth-order valence-corrected chi connectivity index (χ4v) is 3.66. The molecule has 0 unspecified atom stereocenters. The summed E-state index contributed by atoms with van der Waals surface area (Å²) in [4.78, 5) is 4.66. The first-order chi connectivity index (χ1) is 14.0. The Labute approximate surface area is 189 Å². The summed E-state index contributed by atoms with van der Waals surface area (Å²) in [5, 5.41) is 0. The summed E-state index contributed by atoms with van der Waals surface area (Å²) in [5.41, 5.74) is 5.41. The van der Waals surface area contributed by atoms with Crippen LogP contribution in [0.3, 0.4) is 0 Å². The molecule has 0 amide bonds. The second-order valence-corrected chi connectivity index (χ2v) is 8.43. The minimum absolute atomic E-state index is 0.460. The Balaban J connectivity index is 1.84. The minimum atomic E-state index is 0.460. The minimum Gasteiger partial charge on any atom is -0.490 e. The number of aliphatic imine (C=N–C) groups is 1. The van der Waals surface area contributed by atoms with Crippen LogP contribution >= 0.6 is 31.9 Å². The molecule has 0 aromatic heterocycles. The molecule has 0 N–H and O–H groups in total. The van der Waals surface area contributed by atoms with Gasteiger partial charge in [0.2, 0.25) is 0 Å². The average Bonchev–Trinajstić information content (AvgIpc) is 2.70. The lowest BCUT2D eigenvalue weighted by Crippen LogP contribution is -2.01. The highest BCUT2D eigenvalue weighted by Gasteiger charge is 2.12. The van der Waals surface area contributed by atoms with Crippen molar-refractivity contribution in [2.75, 3.05) is 6.61 Å². The SMILES string of the molecule is CCOc1cc(C=Nc2cccc(C)c2C)cc(Br)c1OCc1ccc(Br)cc1. The van der Waals surface area contributed by atoms with Gasteiger partial charge in [0.25, 0.3) is 0 Å². The van der Waals surface area contributed by atoms with E-state index in [1.54, 1.807) is 0 Å². The van der Waals surface area contributed by atoms with Gasteiger partial charge in [-0.25, -0.2) is 0 Å². The lowest BCUT2D eigenvalue weighted by Gasteiger charge is -2.15. The Morgan fingerprint density at radius 3 is 2.45 bits per heavy atom. The van der Waals surface area contributed by atoms with Crippen LogP contribution in [0.2, 0.25) is 0 Å². The van der Waals surface area contributed by atoms with Crippen LogP contribution in [0.4, 0.5) is 5.69 Å². The molecule has 0 radical (unpaired) electrons. The van der Waals surface area contributed by atoms with E-state index in [0.717, 1.165) is 25.8 Å². The van der Waals surface area contributed by atoms with E-state index >= 15 is 0 Å². The van der Waals surface area contributed by atoms with Crippen molar-refractivity contribution in [3.8, 4) is 11.5 Å². The average molecular weight is 517 g/mol. The molecule has 0 aliphatic heterocycles. The normalized spacial score (nSPS) is 11.1. The number of benzene rings is 3. The van der Waals surface area contributed by atoms with Gasteiger partial charge in [0.1, 0.15) is 6.61 Å². The van der Waals surface area contributed by atoms with Gasteiger partial charge >= 0.3 is 0 Å². The quantitative estimate of drug-likeness (QED) is 0.303. The number of rotatable bonds is 7. The van der Waals surface area contributed by atoms with Crippen molar-refractivity contribution >= 4 is 43.8 Å². The van der Waals surface area contributed by atoms with Crippen LogP contribution in [0.5, 0.6) is 11.5 Å². The molecule has 3 rings (SSSR count). The highest BCUT2D eigenvalue weighted by molar-refractivity contribution is 9.10. The van der Waals surface area contributed by atoms with Crippen molar-refractivity contribution in [1.82, 2.24) is 0 Å². The molecular weight excluding hydrogens is 494 g/mol.